The van der Waals surface area contributed by atoms with E-state index >= 15 is 0 Å². The fraction of sp³-hybridized carbons (Fsp3) is 0.444. The highest BCUT2D eigenvalue weighted by atomic mass is 32.2. The number of pyridine rings is 1. The Morgan fingerprint density at radius 1 is 1.53 bits per heavy atom. The number of nitrogens with zero attached hydrogens (tertiary/aromatic N) is 1. The highest BCUT2D eigenvalue weighted by molar-refractivity contribution is 7.91. The molecule has 1 aromatic heterocycles. The molecule has 0 amide bonds. The molecule has 0 aliphatic carbocycles. The van der Waals surface area contributed by atoms with Crippen LogP contribution in [0.5, 0.6) is 5.75 Å². The molecule has 1 atom stereocenters. The molecule has 15 heavy (non-hydrogen) atoms. The van der Waals surface area contributed by atoms with Crippen LogP contribution in [0.2, 0.25) is 0 Å². The minimum Gasteiger partial charge on any atom is -0.485 e. The van der Waals surface area contributed by atoms with Gasteiger partial charge in [0.05, 0.1) is 11.5 Å². The maximum atomic E-state index is 13.1. The second kappa shape index (κ2) is 3.77. The summed E-state index contributed by atoms with van der Waals surface area (Å²) in [5.74, 6) is -0.623. The zero-order chi connectivity index (χ0) is 10.9. The highest BCUT2D eigenvalue weighted by Crippen LogP contribution is 2.20. The van der Waals surface area contributed by atoms with E-state index in [0.717, 1.165) is 0 Å². The van der Waals surface area contributed by atoms with Crippen molar-refractivity contribution in [1.82, 2.24) is 4.98 Å². The molecule has 0 spiro atoms. The number of hydrogen-bond acceptors (Lipinski definition) is 4. The quantitative estimate of drug-likeness (QED) is 0.706. The Hall–Kier alpha value is -1.17. The summed E-state index contributed by atoms with van der Waals surface area (Å²) in [6.07, 6.45) is 1.28. The number of halogens is 1. The minimum atomic E-state index is -3.00. The molecule has 0 N–H and O–H groups in total. The van der Waals surface area contributed by atoms with E-state index in [-0.39, 0.29) is 17.3 Å². The Bertz CT molecular complexity index is 460. The molecule has 0 aromatic carbocycles. The van der Waals surface area contributed by atoms with Crippen LogP contribution in [0, 0.1) is 5.95 Å². The van der Waals surface area contributed by atoms with E-state index in [1.807, 2.05) is 0 Å². The van der Waals surface area contributed by atoms with Crippen LogP contribution < -0.4 is 4.74 Å². The van der Waals surface area contributed by atoms with Crippen molar-refractivity contribution >= 4 is 9.84 Å². The van der Waals surface area contributed by atoms with Gasteiger partial charge >= 0.3 is 0 Å². The second-order valence-electron chi connectivity index (χ2n) is 3.44. The van der Waals surface area contributed by atoms with Crippen molar-refractivity contribution in [2.45, 2.75) is 12.5 Å². The molecule has 1 aliphatic rings. The van der Waals surface area contributed by atoms with Gasteiger partial charge in [0.2, 0.25) is 0 Å². The van der Waals surface area contributed by atoms with Gasteiger partial charge < -0.3 is 4.74 Å². The number of hydrogen-bond donors (Lipinski definition) is 0. The smallest absolute Gasteiger partial charge is 0.255 e. The van der Waals surface area contributed by atoms with Crippen LogP contribution in [0.15, 0.2) is 18.3 Å². The molecule has 0 radical (unpaired) electrons. The summed E-state index contributed by atoms with van der Waals surface area (Å²) in [5.41, 5.74) is 0. The molecular weight excluding hydrogens is 221 g/mol. The van der Waals surface area contributed by atoms with Crippen molar-refractivity contribution in [3.8, 4) is 5.75 Å². The first kappa shape index (κ1) is 10.4. The van der Waals surface area contributed by atoms with Crippen molar-refractivity contribution in [2.75, 3.05) is 11.5 Å². The number of aromatic nitrogens is 1. The Morgan fingerprint density at radius 3 is 2.93 bits per heavy atom. The van der Waals surface area contributed by atoms with Gasteiger partial charge in [-0.3, -0.25) is 0 Å². The van der Waals surface area contributed by atoms with Crippen molar-refractivity contribution in [3.63, 3.8) is 0 Å². The van der Waals surface area contributed by atoms with E-state index in [2.05, 4.69) is 4.98 Å². The monoisotopic (exact) mass is 231 g/mol. The maximum Gasteiger partial charge on any atom is 0.255 e. The van der Waals surface area contributed by atoms with Gasteiger partial charge in [0.15, 0.2) is 15.6 Å². The Kier molecular flexibility index (Phi) is 2.60. The van der Waals surface area contributed by atoms with Crippen molar-refractivity contribution in [2.24, 2.45) is 0 Å². The summed E-state index contributed by atoms with van der Waals surface area (Å²) in [5, 5.41) is 0. The highest BCUT2D eigenvalue weighted by Gasteiger charge is 2.29. The second-order valence-corrected chi connectivity index (χ2v) is 5.66. The molecule has 0 bridgehead atoms. The Balaban J connectivity index is 2.08. The molecular formula is C9H10FNO3S. The molecule has 0 saturated carbocycles. The topological polar surface area (TPSA) is 56.3 Å². The molecule has 6 heteroatoms. The number of rotatable bonds is 2. The lowest BCUT2D eigenvalue weighted by Gasteiger charge is -2.11. The van der Waals surface area contributed by atoms with Crippen LogP contribution in [-0.2, 0) is 9.84 Å². The molecule has 1 unspecified atom stereocenters. The molecule has 1 aliphatic heterocycles. The van der Waals surface area contributed by atoms with Gasteiger partial charge in [-0.2, -0.15) is 4.39 Å². The van der Waals surface area contributed by atoms with Gasteiger partial charge in [-0.1, -0.05) is 0 Å². The zero-order valence-corrected chi connectivity index (χ0v) is 8.71. The van der Waals surface area contributed by atoms with Crippen LogP contribution in [0.25, 0.3) is 0 Å². The van der Waals surface area contributed by atoms with E-state index in [4.69, 9.17) is 4.74 Å². The van der Waals surface area contributed by atoms with E-state index in [9.17, 15) is 12.8 Å². The van der Waals surface area contributed by atoms with Gasteiger partial charge in [0.25, 0.3) is 5.95 Å². The van der Waals surface area contributed by atoms with Gasteiger partial charge in [0.1, 0.15) is 6.10 Å². The average Bonchev–Trinajstić information content (AvgIpc) is 2.50. The minimum absolute atomic E-state index is 0.0135. The summed E-state index contributed by atoms with van der Waals surface area (Å²) in [4.78, 5) is 3.42. The Morgan fingerprint density at radius 2 is 2.33 bits per heavy atom. The fourth-order valence-corrected chi connectivity index (χ4v) is 3.08. The Labute approximate surface area is 87.0 Å². The van der Waals surface area contributed by atoms with Gasteiger partial charge in [-0.15, -0.1) is 0 Å². The molecule has 1 saturated heterocycles. The fourth-order valence-electron chi connectivity index (χ4n) is 1.49. The number of sulfone groups is 1. The molecule has 82 valence electrons. The summed E-state index contributed by atoms with van der Waals surface area (Å²) >= 11 is 0. The third-order valence-corrected chi connectivity index (χ3v) is 3.95. The third-order valence-electron chi connectivity index (χ3n) is 2.21. The van der Waals surface area contributed by atoms with E-state index in [0.29, 0.717) is 6.42 Å². The third kappa shape index (κ3) is 2.44. The van der Waals surface area contributed by atoms with Gasteiger partial charge in [-0.25, -0.2) is 13.4 Å². The summed E-state index contributed by atoms with van der Waals surface area (Å²) in [6.45, 7) is 0. The molecule has 1 aromatic rings. The molecule has 2 rings (SSSR count). The van der Waals surface area contributed by atoms with Crippen molar-refractivity contribution in [1.29, 1.82) is 0 Å². The van der Waals surface area contributed by atoms with Crippen LogP contribution in [0.1, 0.15) is 6.42 Å². The first-order chi connectivity index (χ1) is 7.07. The molecule has 1 fully saturated rings. The van der Waals surface area contributed by atoms with Crippen LogP contribution in [-0.4, -0.2) is 31.0 Å². The van der Waals surface area contributed by atoms with Crippen molar-refractivity contribution < 1.29 is 17.5 Å². The lowest BCUT2D eigenvalue weighted by atomic mass is 10.3. The summed E-state index contributed by atoms with van der Waals surface area (Å²) in [6, 6.07) is 2.98. The van der Waals surface area contributed by atoms with E-state index < -0.39 is 21.9 Å². The molecule has 4 nitrogen and oxygen atoms in total. The first-order valence-corrected chi connectivity index (χ1v) is 6.36. The van der Waals surface area contributed by atoms with Crippen molar-refractivity contribution in [3.05, 3.63) is 24.3 Å². The standard InChI is InChI=1S/C9H10FNO3S/c10-9-8(2-1-4-11-9)14-7-3-5-15(12,13)6-7/h1-2,4,7H,3,5-6H2. The van der Waals surface area contributed by atoms with E-state index in [1.165, 1.54) is 12.3 Å². The predicted molar refractivity (Wildman–Crippen MR) is 51.9 cm³/mol. The van der Waals surface area contributed by atoms with Gasteiger partial charge in [-0.05, 0) is 18.6 Å². The lowest BCUT2D eigenvalue weighted by molar-refractivity contribution is 0.216. The molecule has 2 heterocycles. The SMILES string of the molecule is O=S1(=O)CCC(Oc2cccnc2F)C1. The lowest BCUT2D eigenvalue weighted by Crippen LogP contribution is -2.18. The van der Waals surface area contributed by atoms with Crippen LogP contribution in [0.4, 0.5) is 4.39 Å². The number of ether oxygens (including phenoxy) is 1. The average molecular weight is 231 g/mol. The van der Waals surface area contributed by atoms with E-state index in [1.54, 1.807) is 6.07 Å². The predicted octanol–water partition coefficient (Wildman–Crippen LogP) is 0.787. The maximum absolute atomic E-state index is 13.1. The normalized spacial score (nSPS) is 23.9. The van der Waals surface area contributed by atoms with Crippen LogP contribution >= 0.6 is 0 Å². The summed E-state index contributed by atoms with van der Waals surface area (Å²) < 4.78 is 40.5. The summed E-state index contributed by atoms with van der Waals surface area (Å²) in [7, 11) is -3.00. The van der Waals surface area contributed by atoms with Gasteiger partial charge in [0, 0.05) is 6.20 Å². The first-order valence-electron chi connectivity index (χ1n) is 4.54. The zero-order valence-electron chi connectivity index (χ0n) is 7.89. The largest absolute Gasteiger partial charge is 0.485 e. The van der Waals surface area contributed by atoms with Crippen LogP contribution in [0.3, 0.4) is 0 Å².